The number of fused-ring (bicyclic) bond motifs is 1. The first kappa shape index (κ1) is 25.1. The number of pyridine rings is 1. The van der Waals surface area contributed by atoms with E-state index in [2.05, 4.69) is 10.3 Å². The summed E-state index contributed by atoms with van der Waals surface area (Å²) in [5.41, 5.74) is -1.12. The van der Waals surface area contributed by atoms with Gasteiger partial charge in [0.25, 0.3) is 5.91 Å². The van der Waals surface area contributed by atoms with E-state index in [0.717, 1.165) is 6.26 Å². The van der Waals surface area contributed by atoms with Crippen LogP contribution in [0.15, 0.2) is 47.5 Å². The van der Waals surface area contributed by atoms with Crippen LogP contribution in [0, 0.1) is 5.92 Å². The largest absolute Gasteiger partial charge is 0.435 e. The van der Waals surface area contributed by atoms with Crippen molar-refractivity contribution in [3.63, 3.8) is 0 Å². The molecular weight excluding hydrogens is 493 g/mol. The number of carbonyl (C=O) groups is 1. The normalized spacial score (nSPS) is 17.0. The molecule has 1 amide bonds. The molecule has 0 aliphatic heterocycles. The monoisotopic (exact) mass is 515 g/mol. The molecule has 1 saturated carbocycles. The van der Waals surface area contributed by atoms with E-state index in [1.54, 1.807) is 0 Å². The molecule has 12 heteroatoms. The maximum Gasteiger partial charge on any atom is 0.435 e. The van der Waals surface area contributed by atoms with Crippen LogP contribution in [-0.2, 0) is 22.4 Å². The van der Waals surface area contributed by atoms with E-state index < -0.39 is 33.5 Å². The van der Waals surface area contributed by atoms with Gasteiger partial charge in [0.1, 0.15) is 5.65 Å². The number of carbonyl (C=O) groups excluding carboxylic acids is 1. The van der Waals surface area contributed by atoms with Gasteiger partial charge in [-0.2, -0.15) is 13.2 Å². The molecule has 35 heavy (non-hydrogen) atoms. The lowest BCUT2D eigenvalue weighted by atomic mass is 9.83. The molecule has 4 rings (SSSR count). The van der Waals surface area contributed by atoms with Crippen molar-refractivity contribution in [3.8, 4) is 0 Å². The van der Waals surface area contributed by atoms with Crippen LogP contribution in [-0.4, -0.2) is 35.9 Å². The summed E-state index contributed by atoms with van der Waals surface area (Å²) in [4.78, 5) is 16.4. The van der Waals surface area contributed by atoms with Gasteiger partial charge in [-0.25, -0.2) is 22.2 Å². The Morgan fingerprint density at radius 2 is 1.86 bits per heavy atom. The molecule has 0 bridgehead atoms. The van der Waals surface area contributed by atoms with Crippen LogP contribution >= 0.6 is 0 Å². The second-order valence-electron chi connectivity index (χ2n) is 8.81. The van der Waals surface area contributed by atoms with Crippen molar-refractivity contribution in [1.29, 1.82) is 0 Å². The number of alkyl halides is 5. The molecule has 6 nitrogen and oxygen atoms in total. The first-order valence-electron chi connectivity index (χ1n) is 10.8. The first-order chi connectivity index (χ1) is 16.2. The lowest BCUT2D eigenvalue weighted by Crippen LogP contribution is -2.26. The average Bonchev–Trinajstić information content (AvgIpc) is 3.13. The van der Waals surface area contributed by atoms with Gasteiger partial charge in [0.2, 0.25) is 5.92 Å². The van der Waals surface area contributed by atoms with Crippen molar-refractivity contribution in [1.82, 2.24) is 9.38 Å². The van der Waals surface area contributed by atoms with Gasteiger partial charge >= 0.3 is 6.18 Å². The van der Waals surface area contributed by atoms with E-state index in [-0.39, 0.29) is 65.5 Å². The van der Waals surface area contributed by atoms with Crippen LogP contribution in [0.4, 0.5) is 27.6 Å². The Hall–Kier alpha value is -3.02. The van der Waals surface area contributed by atoms with Crippen molar-refractivity contribution in [3.05, 3.63) is 59.5 Å². The molecule has 1 aliphatic rings. The number of aromatic nitrogens is 2. The summed E-state index contributed by atoms with van der Waals surface area (Å²) < 4.78 is 92.8. The fourth-order valence-electron chi connectivity index (χ4n) is 4.24. The number of anilines is 1. The molecule has 2 heterocycles. The zero-order chi connectivity index (χ0) is 25.6. The van der Waals surface area contributed by atoms with Gasteiger partial charge in [0.05, 0.1) is 10.6 Å². The van der Waals surface area contributed by atoms with Crippen LogP contribution in [0.1, 0.15) is 47.4 Å². The van der Waals surface area contributed by atoms with Gasteiger partial charge in [-0.1, -0.05) is 6.07 Å². The molecule has 0 unspecified atom stereocenters. The number of nitrogens with zero attached hydrogens (tertiary/aromatic N) is 2. The summed E-state index contributed by atoms with van der Waals surface area (Å²) in [6.07, 6.45) is -2.98. The maximum absolute atomic E-state index is 13.7. The zero-order valence-corrected chi connectivity index (χ0v) is 19.4. The quantitative estimate of drug-likeness (QED) is 0.463. The van der Waals surface area contributed by atoms with Crippen molar-refractivity contribution in [2.24, 2.45) is 5.92 Å². The molecule has 1 fully saturated rings. The first-order valence-corrected chi connectivity index (χ1v) is 12.7. The number of halogens is 5. The summed E-state index contributed by atoms with van der Waals surface area (Å²) in [6.45, 7) is 0. The van der Waals surface area contributed by atoms with Gasteiger partial charge in [0.15, 0.2) is 15.5 Å². The highest BCUT2D eigenvalue weighted by molar-refractivity contribution is 7.90. The molecule has 0 radical (unpaired) electrons. The Morgan fingerprint density at radius 3 is 2.49 bits per heavy atom. The van der Waals surface area contributed by atoms with Gasteiger partial charge in [-0.15, -0.1) is 0 Å². The Labute approximate surface area is 198 Å². The number of hydrogen-bond donors (Lipinski definition) is 1. The van der Waals surface area contributed by atoms with Crippen molar-refractivity contribution in [2.45, 2.75) is 49.1 Å². The van der Waals surface area contributed by atoms with E-state index in [4.69, 9.17) is 0 Å². The molecule has 0 saturated heterocycles. The third kappa shape index (κ3) is 5.63. The minimum atomic E-state index is -4.76. The molecule has 1 aliphatic carbocycles. The lowest BCUT2D eigenvalue weighted by Gasteiger charge is -2.28. The van der Waals surface area contributed by atoms with Crippen LogP contribution in [0.3, 0.4) is 0 Å². The highest BCUT2D eigenvalue weighted by Crippen LogP contribution is 2.39. The van der Waals surface area contributed by atoms with Crippen molar-refractivity contribution >= 4 is 27.1 Å². The van der Waals surface area contributed by atoms with Gasteiger partial charge in [-0.05, 0) is 55.5 Å². The summed E-state index contributed by atoms with van der Waals surface area (Å²) >= 11 is 0. The topological polar surface area (TPSA) is 80.5 Å². The number of benzene rings is 1. The van der Waals surface area contributed by atoms with Gasteiger partial charge in [-0.3, -0.25) is 4.79 Å². The summed E-state index contributed by atoms with van der Waals surface area (Å²) in [5.74, 6) is -3.78. The number of amides is 1. The molecule has 188 valence electrons. The molecule has 0 spiro atoms. The van der Waals surface area contributed by atoms with E-state index in [0.29, 0.717) is 0 Å². The molecular formula is C23H22F5N3O3S. The van der Waals surface area contributed by atoms with Crippen LogP contribution in [0.2, 0.25) is 0 Å². The predicted molar refractivity (Wildman–Crippen MR) is 118 cm³/mol. The smallest absolute Gasteiger partial charge is 0.322 e. The number of hydrogen-bond acceptors (Lipinski definition) is 4. The third-order valence-corrected chi connectivity index (χ3v) is 7.20. The van der Waals surface area contributed by atoms with Crippen LogP contribution < -0.4 is 5.32 Å². The molecule has 1 N–H and O–H groups in total. The fourth-order valence-corrected chi connectivity index (χ4v) is 4.91. The van der Waals surface area contributed by atoms with Gasteiger partial charge < -0.3 is 9.72 Å². The van der Waals surface area contributed by atoms with Crippen LogP contribution in [0.25, 0.3) is 5.65 Å². The number of rotatable bonds is 5. The van der Waals surface area contributed by atoms with E-state index in [1.807, 2.05) is 0 Å². The molecule has 2 aromatic heterocycles. The minimum Gasteiger partial charge on any atom is -0.322 e. The third-order valence-electron chi connectivity index (χ3n) is 6.09. The number of nitrogens with one attached hydrogen (secondary N) is 1. The van der Waals surface area contributed by atoms with E-state index in [1.165, 1.54) is 47.0 Å². The van der Waals surface area contributed by atoms with Crippen LogP contribution in [0.5, 0.6) is 0 Å². The van der Waals surface area contributed by atoms with Crippen molar-refractivity contribution < 1.29 is 35.2 Å². The summed E-state index contributed by atoms with van der Waals surface area (Å²) in [6, 6.07) is 8.09. The van der Waals surface area contributed by atoms with E-state index in [9.17, 15) is 35.2 Å². The Balaban J connectivity index is 1.62. The highest BCUT2D eigenvalue weighted by atomic mass is 32.2. The molecule has 3 aromatic rings. The standard InChI is InChI=1S/C23H22F5N3O3S/c1-35(33,34)17-4-2-3-16(13-17)29-21(32)15-7-10-31-18(11-14-5-8-22(24,25)9-6-14)20(23(26,27)28)30-19(31)12-15/h2-4,7,10,12-14H,5-6,8-9,11H2,1H3,(H,29,32). The fraction of sp³-hybridized carbons (Fsp3) is 0.391. The molecule has 0 atom stereocenters. The summed E-state index contributed by atoms with van der Waals surface area (Å²) in [5, 5.41) is 2.53. The number of imidazole rings is 1. The second-order valence-corrected chi connectivity index (χ2v) is 10.8. The van der Waals surface area contributed by atoms with Gasteiger partial charge in [0, 0.05) is 36.5 Å². The lowest BCUT2D eigenvalue weighted by molar-refractivity contribution is -0.141. The average molecular weight is 516 g/mol. The Kier molecular flexibility index (Phi) is 6.37. The SMILES string of the molecule is CS(=O)(=O)c1cccc(NC(=O)c2ccn3c(CC4CCC(F)(F)CC4)c(C(F)(F)F)nc3c2)c1. The predicted octanol–water partition coefficient (Wildman–Crippen LogP) is 5.38. The maximum atomic E-state index is 13.7. The minimum absolute atomic E-state index is 0.000977. The van der Waals surface area contributed by atoms with E-state index >= 15 is 0 Å². The van der Waals surface area contributed by atoms with Crippen molar-refractivity contribution in [2.75, 3.05) is 11.6 Å². The number of sulfone groups is 1. The molecule has 1 aromatic carbocycles. The zero-order valence-electron chi connectivity index (χ0n) is 18.6. The second kappa shape index (κ2) is 8.89. The highest BCUT2D eigenvalue weighted by Gasteiger charge is 2.40. The Bertz CT molecular complexity index is 1370. The Morgan fingerprint density at radius 1 is 1.17 bits per heavy atom. The summed E-state index contributed by atoms with van der Waals surface area (Å²) in [7, 11) is -3.50.